The summed E-state index contributed by atoms with van der Waals surface area (Å²) in [4.78, 5) is 36.5. The van der Waals surface area contributed by atoms with Crippen LogP contribution < -0.4 is 19.6 Å². The molecular weight excluding hydrogens is 542 g/mol. The maximum atomic E-state index is 13.0. The van der Waals surface area contributed by atoms with Gasteiger partial charge in [0.1, 0.15) is 12.4 Å². The van der Waals surface area contributed by atoms with Crippen LogP contribution in [0.2, 0.25) is 0 Å². The van der Waals surface area contributed by atoms with E-state index in [1.807, 2.05) is 6.92 Å². The average molecular weight is 566 g/mol. The van der Waals surface area contributed by atoms with Crippen LogP contribution in [0.5, 0.6) is 17.2 Å². The van der Waals surface area contributed by atoms with E-state index < -0.39 is 16.7 Å². The van der Waals surface area contributed by atoms with E-state index >= 15 is 0 Å². The smallest absolute Gasteiger partial charge is 0.285 e. The fraction of sp³-hybridized carbons (Fsp3) is 0.148. The van der Waals surface area contributed by atoms with Crippen molar-refractivity contribution in [2.45, 2.75) is 13.5 Å². The van der Waals surface area contributed by atoms with Crippen LogP contribution in [0.4, 0.5) is 5.69 Å². The van der Waals surface area contributed by atoms with Crippen molar-refractivity contribution in [2.24, 2.45) is 0 Å². The van der Waals surface area contributed by atoms with Gasteiger partial charge in [-0.2, -0.15) is 5.01 Å². The molecule has 12 heteroatoms. The van der Waals surface area contributed by atoms with Crippen molar-refractivity contribution < 1.29 is 28.7 Å². The molecule has 0 unspecified atom stereocenters. The van der Waals surface area contributed by atoms with E-state index in [1.54, 1.807) is 60.7 Å². The van der Waals surface area contributed by atoms with E-state index in [4.69, 9.17) is 26.4 Å². The molecule has 1 heterocycles. The van der Waals surface area contributed by atoms with Gasteiger partial charge in [0, 0.05) is 17.7 Å². The summed E-state index contributed by atoms with van der Waals surface area (Å²) in [5, 5.41) is 12.1. The van der Waals surface area contributed by atoms with Crippen LogP contribution in [0, 0.1) is 10.1 Å². The molecule has 0 saturated carbocycles. The second-order valence-electron chi connectivity index (χ2n) is 8.04. The number of nitrogens with one attached hydrogen (secondary N) is 1. The third-order valence-corrected chi connectivity index (χ3v) is 6.74. The van der Waals surface area contributed by atoms with E-state index in [0.29, 0.717) is 45.5 Å². The largest absolute Gasteiger partial charge is 0.497 e. The highest BCUT2D eigenvalue weighted by atomic mass is 32.2. The number of hydrogen-bond donors (Lipinski definition) is 1. The summed E-state index contributed by atoms with van der Waals surface area (Å²) in [5.41, 5.74) is 4.16. The molecule has 1 aliphatic heterocycles. The lowest BCUT2D eigenvalue weighted by Crippen LogP contribution is -2.44. The van der Waals surface area contributed by atoms with Crippen LogP contribution in [-0.2, 0) is 11.4 Å². The Hall–Kier alpha value is -4.42. The third-order valence-electron chi connectivity index (χ3n) is 5.44. The van der Waals surface area contributed by atoms with E-state index in [1.165, 1.54) is 19.2 Å². The molecule has 0 radical (unpaired) electrons. The maximum absolute atomic E-state index is 13.0. The van der Waals surface area contributed by atoms with E-state index in [9.17, 15) is 19.7 Å². The number of rotatable bonds is 10. The molecule has 2 amide bonds. The monoisotopic (exact) mass is 565 g/mol. The lowest BCUT2D eigenvalue weighted by atomic mass is 10.1. The van der Waals surface area contributed by atoms with E-state index in [2.05, 4.69) is 5.43 Å². The molecule has 0 spiro atoms. The molecule has 10 nitrogen and oxygen atoms in total. The van der Waals surface area contributed by atoms with Crippen LogP contribution in [0.15, 0.2) is 71.6 Å². The topological polar surface area (TPSA) is 120 Å². The predicted octanol–water partition coefficient (Wildman–Crippen LogP) is 5.13. The lowest BCUT2D eigenvalue weighted by molar-refractivity contribution is -0.384. The molecule has 1 saturated heterocycles. The highest BCUT2D eigenvalue weighted by Crippen LogP contribution is 2.34. The first-order chi connectivity index (χ1) is 18.8. The first-order valence-electron chi connectivity index (χ1n) is 11.6. The van der Waals surface area contributed by atoms with Gasteiger partial charge in [-0.3, -0.25) is 25.1 Å². The second kappa shape index (κ2) is 12.4. The highest BCUT2D eigenvalue weighted by molar-refractivity contribution is 8.26. The summed E-state index contributed by atoms with van der Waals surface area (Å²) in [6, 6.07) is 17.8. The van der Waals surface area contributed by atoms with E-state index in [-0.39, 0.29) is 16.6 Å². The van der Waals surface area contributed by atoms with Crippen LogP contribution in [0.25, 0.3) is 6.08 Å². The van der Waals surface area contributed by atoms with Gasteiger partial charge in [0.25, 0.3) is 17.5 Å². The first kappa shape index (κ1) is 27.6. The van der Waals surface area contributed by atoms with E-state index in [0.717, 1.165) is 16.8 Å². The number of hydrogen-bond acceptors (Lipinski definition) is 9. The van der Waals surface area contributed by atoms with Gasteiger partial charge >= 0.3 is 0 Å². The molecule has 4 rings (SSSR count). The molecule has 200 valence electrons. The molecule has 0 atom stereocenters. The Morgan fingerprint density at radius 3 is 2.56 bits per heavy atom. The molecule has 1 fully saturated rings. The zero-order chi connectivity index (χ0) is 27.9. The molecule has 39 heavy (non-hydrogen) atoms. The van der Waals surface area contributed by atoms with Crippen LogP contribution in [0.3, 0.4) is 0 Å². The number of amides is 2. The number of nitro benzene ring substituents is 1. The Kier molecular flexibility index (Phi) is 8.79. The minimum absolute atomic E-state index is 0.0195. The van der Waals surface area contributed by atoms with Gasteiger partial charge < -0.3 is 14.2 Å². The van der Waals surface area contributed by atoms with Crippen molar-refractivity contribution in [2.75, 3.05) is 13.7 Å². The van der Waals surface area contributed by atoms with Gasteiger partial charge in [0.15, 0.2) is 15.8 Å². The van der Waals surface area contributed by atoms with Gasteiger partial charge in [0.05, 0.1) is 23.5 Å². The van der Waals surface area contributed by atoms with Crippen molar-refractivity contribution in [1.29, 1.82) is 0 Å². The Balaban J connectivity index is 1.47. The summed E-state index contributed by atoms with van der Waals surface area (Å²) >= 11 is 6.38. The first-order valence-corrected chi connectivity index (χ1v) is 12.9. The lowest BCUT2D eigenvalue weighted by Gasteiger charge is -2.15. The molecule has 0 aliphatic carbocycles. The number of thioether (sulfide) groups is 1. The quantitative estimate of drug-likeness (QED) is 0.154. The van der Waals surface area contributed by atoms with Crippen molar-refractivity contribution >= 4 is 51.9 Å². The Bertz CT molecular complexity index is 1460. The maximum Gasteiger partial charge on any atom is 0.285 e. The number of carbonyl (C=O) groups is 2. The van der Waals surface area contributed by atoms with Crippen LogP contribution in [-0.4, -0.2) is 39.8 Å². The Morgan fingerprint density at radius 1 is 1.10 bits per heavy atom. The van der Waals surface area contributed by atoms with Crippen molar-refractivity contribution in [3.05, 3.63) is 98.4 Å². The average Bonchev–Trinajstić information content (AvgIpc) is 3.20. The number of benzene rings is 3. The molecule has 1 aliphatic rings. The fourth-order valence-electron chi connectivity index (χ4n) is 3.55. The predicted molar refractivity (Wildman–Crippen MR) is 151 cm³/mol. The van der Waals surface area contributed by atoms with Crippen LogP contribution >= 0.6 is 24.0 Å². The standard InChI is InChI=1S/C27H23N3O7S2/c1-3-36-23-14-17(7-12-22(23)37-16-18-5-4-6-20(13-18)30(33)34)15-24-26(32)29(27(38)39-24)28-25(31)19-8-10-21(35-2)11-9-19/h4-15H,3,16H2,1-2H3,(H,28,31)/b24-15+. The summed E-state index contributed by atoms with van der Waals surface area (Å²) in [7, 11) is 1.53. The molecule has 3 aromatic rings. The summed E-state index contributed by atoms with van der Waals surface area (Å²) in [6.45, 7) is 2.30. The molecule has 0 bridgehead atoms. The zero-order valence-electron chi connectivity index (χ0n) is 20.9. The molecule has 3 aromatic carbocycles. The summed E-state index contributed by atoms with van der Waals surface area (Å²) in [5.74, 6) is 0.543. The van der Waals surface area contributed by atoms with Crippen molar-refractivity contribution in [1.82, 2.24) is 10.4 Å². The zero-order valence-corrected chi connectivity index (χ0v) is 22.5. The normalized spacial score (nSPS) is 13.9. The fourth-order valence-corrected chi connectivity index (χ4v) is 4.73. The Morgan fingerprint density at radius 2 is 1.87 bits per heavy atom. The van der Waals surface area contributed by atoms with Gasteiger partial charge in [-0.25, -0.2) is 0 Å². The SMILES string of the molecule is CCOc1cc(/C=C2/SC(=S)N(NC(=O)c3ccc(OC)cc3)C2=O)ccc1OCc1cccc([N+](=O)[O-])c1. The van der Waals surface area contributed by atoms with Crippen molar-refractivity contribution in [3.63, 3.8) is 0 Å². The summed E-state index contributed by atoms with van der Waals surface area (Å²) in [6.07, 6.45) is 1.64. The summed E-state index contributed by atoms with van der Waals surface area (Å²) < 4.78 is 16.9. The number of hydrazine groups is 1. The Labute approximate surface area is 233 Å². The van der Waals surface area contributed by atoms with Gasteiger partial charge in [-0.1, -0.05) is 30.0 Å². The number of carbonyl (C=O) groups excluding carboxylic acids is 2. The minimum Gasteiger partial charge on any atom is -0.497 e. The van der Waals surface area contributed by atoms with Gasteiger partial charge in [0.2, 0.25) is 0 Å². The number of methoxy groups -OCH3 is 1. The highest BCUT2D eigenvalue weighted by Gasteiger charge is 2.34. The number of non-ortho nitro benzene ring substituents is 1. The van der Waals surface area contributed by atoms with Gasteiger partial charge in [-0.05, 0) is 72.7 Å². The number of nitrogens with zero attached hydrogens (tertiary/aromatic N) is 2. The minimum atomic E-state index is -0.487. The van der Waals surface area contributed by atoms with Gasteiger partial charge in [-0.15, -0.1) is 0 Å². The third kappa shape index (κ3) is 6.72. The molecule has 0 aromatic heterocycles. The van der Waals surface area contributed by atoms with Crippen LogP contribution in [0.1, 0.15) is 28.4 Å². The molecule has 1 N–H and O–H groups in total. The number of ether oxygens (including phenoxy) is 3. The van der Waals surface area contributed by atoms with Crippen molar-refractivity contribution in [3.8, 4) is 17.2 Å². The second-order valence-corrected chi connectivity index (χ2v) is 9.72. The molecular formula is C27H23N3O7S2. The number of nitro groups is 1. The number of thiocarbonyl (C=S) groups is 1.